The lowest BCUT2D eigenvalue weighted by Crippen LogP contribution is -2.43. The van der Waals surface area contributed by atoms with Crippen LogP contribution in [0.3, 0.4) is 0 Å². The van der Waals surface area contributed by atoms with E-state index in [0.29, 0.717) is 0 Å². The highest BCUT2D eigenvalue weighted by Gasteiger charge is 2.36. The van der Waals surface area contributed by atoms with E-state index < -0.39 is 41.9 Å². The van der Waals surface area contributed by atoms with E-state index in [1.165, 1.54) is 0 Å². The number of hydrogen-bond donors (Lipinski definition) is 2. The molecule has 1 rings (SSSR count). The molecule has 1 atom stereocenters. The summed E-state index contributed by atoms with van der Waals surface area (Å²) in [5.41, 5.74) is -0.633. The van der Waals surface area contributed by atoms with Crippen LogP contribution in [-0.4, -0.2) is 29.2 Å². The van der Waals surface area contributed by atoms with Crippen molar-refractivity contribution in [2.75, 3.05) is 0 Å². The molecule has 1 unspecified atom stereocenters. The fourth-order valence-corrected chi connectivity index (χ4v) is 1.51. The van der Waals surface area contributed by atoms with Gasteiger partial charge in [0.05, 0.1) is 12.0 Å². The third-order valence-electron chi connectivity index (χ3n) is 2.21. The first-order valence-corrected chi connectivity index (χ1v) is 5.53. The molecule has 2 N–H and O–H groups in total. The average molecular weight is 314 g/mol. The van der Waals surface area contributed by atoms with Crippen LogP contribution in [0.1, 0.15) is 16.8 Å². The summed E-state index contributed by atoms with van der Waals surface area (Å²) < 4.78 is 49.8. The summed E-state index contributed by atoms with van der Waals surface area (Å²) in [6.07, 6.45) is -6.56. The fraction of sp³-hybridized carbons (Fsp3) is 0.273. The van der Waals surface area contributed by atoms with E-state index in [4.69, 9.17) is 16.7 Å². The number of carboxylic acids is 1. The molecule has 110 valence electrons. The number of carbonyl (C=O) groups excluding carboxylic acids is 1. The summed E-state index contributed by atoms with van der Waals surface area (Å²) in [4.78, 5) is 22.2. The van der Waals surface area contributed by atoms with Crippen molar-refractivity contribution in [2.45, 2.75) is 18.6 Å². The van der Waals surface area contributed by atoms with Gasteiger partial charge in [0.25, 0.3) is 5.91 Å². The highest BCUT2D eigenvalue weighted by atomic mass is 35.5. The van der Waals surface area contributed by atoms with Gasteiger partial charge in [0, 0.05) is 5.02 Å². The molecular formula is C11H8ClF4NO3. The second-order valence-electron chi connectivity index (χ2n) is 3.81. The molecule has 0 radical (unpaired) electrons. The van der Waals surface area contributed by atoms with Gasteiger partial charge in [-0.3, -0.25) is 4.79 Å². The molecule has 1 aromatic carbocycles. The van der Waals surface area contributed by atoms with Crippen LogP contribution in [0.4, 0.5) is 17.6 Å². The molecule has 0 heterocycles. The molecule has 0 fully saturated rings. The Hall–Kier alpha value is -1.83. The summed E-state index contributed by atoms with van der Waals surface area (Å²) in [6.45, 7) is 0. The second kappa shape index (κ2) is 6.08. The predicted molar refractivity (Wildman–Crippen MR) is 61.0 cm³/mol. The lowest BCUT2D eigenvalue weighted by atomic mass is 10.1. The summed E-state index contributed by atoms with van der Waals surface area (Å²) in [7, 11) is 0. The van der Waals surface area contributed by atoms with Gasteiger partial charge in [-0.15, -0.1) is 0 Å². The molecule has 20 heavy (non-hydrogen) atoms. The highest BCUT2D eigenvalue weighted by molar-refractivity contribution is 6.31. The van der Waals surface area contributed by atoms with Crippen LogP contribution in [0.15, 0.2) is 18.2 Å². The number of hydrogen-bond acceptors (Lipinski definition) is 2. The summed E-state index contributed by atoms with van der Waals surface area (Å²) in [5, 5.41) is 10.2. The van der Waals surface area contributed by atoms with Gasteiger partial charge in [0.15, 0.2) is 0 Å². The summed E-state index contributed by atoms with van der Waals surface area (Å²) in [5.74, 6) is -4.19. The van der Waals surface area contributed by atoms with Crippen molar-refractivity contribution in [3.63, 3.8) is 0 Å². The first kappa shape index (κ1) is 16.2. The first-order chi connectivity index (χ1) is 9.10. The van der Waals surface area contributed by atoms with Crippen molar-refractivity contribution in [3.8, 4) is 0 Å². The van der Waals surface area contributed by atoms with Crippen LogP contribution in [0, 0.1) is 5.82 Å². The van der Waals surface area contributed by atoms with Crippen LogP contribution in [0.25, 0.3) is 0 Å². The maximum atomic E-state index is 13.3. The topological polar surface area (TPSA) is 66.4 Å². The Morgan fingerprint density at radius 3 is 2.45 bits per heavy atom. The van der Waals surface area contributed by atoms with Gasteiger partial charge in [-0.1, -0.05) is 11.6 Å². The average Bonchev–Trinajstić information content (AvgIpc) is 2.29. The molecule has 1 aromatic rings. The van der Waals surface area contributed by atoms with Crippen molar-refractivity contribution in [1.82, 2.24) is 5.32 Å². The second-order valence-corrected chi connectivity index (χ2v) is 4.24. The van der Waals surface area contributed by atoms with Gasteiger partial charge in [-0.05, 0) is 18.2 Å². The van der Waals surface area contributed by atoms with E-state index in [-0.39, 0.29) is 5.02 Å². The number of aliphatic carboxylic acids is 1. The lowest BCUT2D eigenvalue weighted by molar-refractivity contribution is -0.157. The smallest absolute Gasteiger partial charge is 0.391 e. The highest BCUT2D eigenvalue weighted by Crippen LogP contribution is 2.22. The minimum atomic E-state index is -4.79. The summed E-state index contributed by atoms with van der Waals surface area (Å²) in [6, 6.07) is 0.661. The van der Waals surface area contributed by atoms with E-state index >= 15 is 0 Å². The van der Waals surface area contributed by atoms with E-state index in [1.807, 2.05) is 0 Å². The molecule has 0 bridgehead atoms. The zero-order valence-electron chi connectivity index (χ0n) is 9.67. The minimum Gasteiger partial charge on any atom is -0.480 e. The van der Waals surface area contributed by atoms with E-state index in [2.05, 4.69) is 0 Å². The van der Waals surface area contributed by atoms with Crippen LogP contribution in [0.5, 0.6) is 0 Å². The van der Waals surface area contributed by atoms with Crippen molar-refractivity contribution in [2.24, 2.45) is 0 Å². The zero-order chi connectivity index (χ0) is 15.5. The fourth-order valence-electron chi connectivity index (χ4n) is 1.34. The lowest BCUT2D eigenvalue weighted by Gasteiger charge is -2.16. The third kappa shape index (κ3) is 4.69. The standard InChI is InChI=1S/C11H8ClF4NO3/c12-5-1-2-7(13)6(3-5)9(18)17-8(10(19)20)4-11(14,15)16/h1-3,8H,4H2,(H,17,18)(H,19,20). The molecule has 0 saturated carbocycles. The number of carbonyl (C=O) groups is 2. The van der Waals surface area contributed by atoms with Gasteiger partial charge in [0.2, 0.25) is 0 Å². The number of halogens is 5. The first-order valence-electron chi connectivity index (χ1n) is 5.15. The molecule has 0 spiro atoms. The van der Waals surface area contributed by atoms with Crippen molar-refractivity contribution in [3.05, 3.63) is 34.6 Å². The van der Waals surface area contributed by atoms with Crippen LogP contribution >= 0.6 is 11.6 Å². The molecule has 0 aliphatic rings. The molecule has 1 amide bonds. The SMILES string of the molecule is O=C(NC(CC(F)(F)F)C(=O)O)c1cc(Cl)ccc1F. The van der Waals surface area contributed by atoms with Gasteiger partial charge in [-0.2, -0.15) is 13.2 Å². The monoisotopic (exact) mass is 313 g/mol. The number of amides is 1. The van der Waals surface area contributed by atoms with Crippen LogP contribution < -0.4 is 5.32 Å². The Balaban J connectivity index is 2.91. The number of benzene rings is 1. The number of alkyl halides is 3. The molecule has 9 heteroatoms. The maximum Gasteiger partial charge on any atom is 0.391 e. The zero-order valence-corrected chi connectivity index (χ0v) is 10.4. The number of carboxylic acid groups (broad SMARTS) is 1. The molecule has 0 aliphatic heterocycles. The largest absolute Gasteiger partial charge is 0.480 e. The quantitative estimate of drug-likeness (QED) is 0.840. The van der Waals surface area contributed by atoms with E-state index in [1.54, 1.807) is 5.32 Å². The number of rotatable bonds is 4. The van der Waals surface area contributed by atoms with Crippen molar-refractivity contribution in [1.29, 1.82) is 0 Å². The Bertz CT molecular complexity index is 533. The van der Waals surface area contributed by atoms with Crippen LogP contribution in [-0.2, 0) is 4.79 Å². The molecule has 0 saturated heterocycles. The molecular weight excluding hydrogens is 306 g/mol. The molecule has 4 nitrogen and oxygen atoms in total. The third-order valence-corrected chi connectivity index (χ3v) is 2.45. The van der Waals surface area contributed by atoms with Gasteiger partial charge >= 0.3 is 12.1 Å². The van der Waals surface area contributed by atoms with Crippen molar-refractivity contribution < 1.29 is 32.3 Å². The molecule has 0 aromatic heterocycles. The number of nitrogens with one attached hydrogen (secondary N) is 1. The van der Waals surface area contributed by atoms with Gasteiger partial charge in [0.1, 0.15) is 11.9 Å². The molecule has 0 aliphatic carbocycles. The van der Waals surface area contributed by atoms with Gasteiger partial charge < -0.3 is 10.4 Å². The Morgan fingerprint density at radius 1 is 1.35 bits per heavy atom. The normalized spacial score (nSPS) is 12.8. The maximum absolute atomic E-state index is 13.3. The van der Waals surface area contributed by atoms with Crippen molar-refractivity contribution >= 4 is 23.5 Å². The predicted octanol–water partition coefficient (Wildman–Crippen LogP) is 2.61. The minimum absolute atomic E-state index is 0.0146. The van der Waals surface area contributed by atoms with Crippen LogP contribution in [0.2, 0.25) is 5.02 Å². The van der Waals surface area contributed by atoms with E-state index in [0.717, 1.165) is 18.2 Å². The Kier molecular flexibility index (Phi) is 4.93. The van der Waals surface area contributed by atoms with E-state index in [9.17, 15) is 27.2 Å². The van der Waals surface area contributed by atoms with Gasteiger partial charge in [-0.25, -0.2) is 9.18 Å². The summed E-state index contributed by atoms with van der Waals surface area (Å²) >= 11 is 5.52. The Labute approximate surface area is 115 Å². The Morgan fingerprint density at radius 2 is 1.95 bits per heavy atom.